The van der Waals surface area contributed by atoms with Crippen LogP contribution in [0.25, 0.3) is 0 Å². The third kappa shape index (κ3) is 3.75. The van der Waals surface area contributed by atoms with Crippen molar-refractivity contribution >= 4 is 31.9 Å². The molecule has 132 valence electrons. The number of hydrogen-bond donors (Lipinski definition) is 0. The lowest BCUT2D eigenvalue weighted by atomic mass is 10.2. The minimum atomic E-state index is -3.61. The van der Waals surface area contributed by atoms with Gasteiger partial charge in [-0.1, -0.05) is 12.1 Å². The van der Waals surface area contributed by atoms with E-state index in [4.69, 9.17) is 0 Å². The standard InChI is InChI=1S/C17H16BrFN2O3S/c18-15-3-1-2-4-16(15)25(23,24)21-11-9-20(10-12-21)17(22)13-5-7-14(19)8-6-13/h1-8H,9-12H2. The summed E-state index contributed by atoms with van der Waals surface area (Å²) in [6.07, 6.45) is 0. The van der Waals surface area contributed by atoms with E-state index >= 15 is 0 Å². The van der Waals surface area contributed by atoms with Gasteiger partial charge in [-0.25, -0.2) is 12.8 Å². The van der Waals surface area contributed by atoms with E-state index in [9.17, 15) is 17.6 Å². The molecular formula is C17H16BrFN2O3S. The number of carbonyl (C=O) groups is 1. The Labute approximate surface area is 154 Å². The van der Waals surface area contributed by atoms with Crippen molar-refractivity contribution < 1.29 is 17.6 Å². The van der Waals surface area contributed by atoms with Crippen LogP contribution in [-0.4, -0.2) is 49.7 Å². The van der Waals surface area contributed by atoms with Crippen LogP contribution in [0.5, 0.6) is 0 Å². The monoisotopic (exact) mass is 426 g/mol. The molecule has 2 aromatic rings. The molecule has 0 saturated carbocycles. The van der Waals surface area contributed by atoms with Crippen molar-refractivity contribution in [2.24, 2.45) is 0 Å². The summed E-state index contributed by atoms with van der Waals surface area (Å²) < 4.78 is 40.3. The molecular weight excluding hydrogens is 411 g/mol. The lowest BCUT2D eigenvalue weighted by molar-refractivity contribution is 0.0698. The van der Waals surface area contributed by atoms with E-state index in [-0.39, 0.29) is 23.9 Å². The average molecular weight is 427 g/mol. The Morgan fingerprint density at radius 3 is 2.16 bits per heavy atom. The Hall–Kier alpha value is -1.77. The van der Waals surface area contributed by atoms with Crippen molar-refractivity contribution in [1.29, 1.82) is 0 Å². The largest absolute Gasteiger partial charge is 0.336 e. The number of hydrogen-bond acceptors (Lipinski definition) is 3. The molecule has 0 bridgehead atoms. The summed E-state index contributed by atoms with van der Waals surface area (Å²) in [5, 5.41) is 0. The maximum atomic E-state index is 13.0. The first-order chi connectivity index (χ1) is 11.9. The highest BCUT2D eigenvalue weighted by Crippen LogP contribution is 2.25. The Kier molecular flexibility index (Phi) is 5.21. The highest BCUT2D eigenvalue weighted by Gasteiger charge is 2.31. The van der Waals surface area contributed by atoms with Gasteiger partial charge >= 0.3 is 0 Å². The molecule has 2 aromatic carbocycles. The fraction of sp³-hybridized carbons (Fsp3) is 0.235. The molecule has 1 amide bonds. The van der Waals surface area contributed by atoms with Crippen LogP contribution in [0.1, 0.15) is 10.4 Å². The number of nitrogens with zero attached hydrogens (tertiary/aromatic N) is 2. The Morgan fingerprint density at radius 1 is 0.960 bits per heavy atom. The van der Waals surface area contributed by atoms with Gasteiger partial charge in [-0.05, 0) is 52.3 Å². The third-order valence-electron chi connectivity index (χ3n) is 4.07. The molecule has 8 heteroatoms. The van der Waals surface area contributed by atoms with E-state index in [2.05, 4.69) is 15.9 Å². The lowest BCUT2D eigenvalue weighted by Crippen LogP contribution is -2.50. The second kappa shape index (κ2) is 7.23. The number of sulfonamides is 1. The van der Waals surface area contributed by atoms with Gasteiger partial charge in [0.05, 0.1) is 4.90 Å². The zero-order valence-electron chi connectivity index (χ0n) is 13.2. The fourth-order valence-electron chi connectivity index (χ4n) is 2.70. The summed E-state index contributed by atoms with van der Waals surface area (Å²) >= 11 is 3.27. The first kappa shape index (κ1) is 18.0. The van der Waals surface area contributed by atoms with Crippen LogP contribution in [0.3, 0.4) is 0 Å². The summed E-state index contributed by atoms with van der Waals surface area (Å²) in [6.45, 7) is 1.02. The van der Waals surface area contributed by atoms with Crippen LogP contribution in [0, 0.1) is 5.82 Å². The zero-order chi connectivity index (χ0) is 18.0. The smallest absolute Gasteiger partial charge is 0.253 e. The molecule has 5 nitrogen and oxygen atoms in total. The molecule has 25 heavy (non-hydrogen) atoms. The molecule has 0 aromatic heterocycles. The van der Waals surface area contributed by atoms with Crippen LogP contribution in [0.2, 0.25) is 0 Å². The Morgan fingerprint density at radius 2 is 1.56 bits per heavy atom. The van der Waals surface area contributed by atoms with Gasteiger partial charge in [-0.3, -0.25) is 4.79 Å². The quantitative estimate of drug-likeness (QED) is 0.757. The van der Waals surface area contributed by atoms with E-state index in [1.807, 2.05) is 0 Å². The van der Waals surface area contributed by atoms with Crippen LogP contribution in [0.15, 0.2) is 57.9 Å². The number of rotatable bonds is 3. The SMILES string of the molecule is O=C(c1ccc(F)cc1)N1CCN(S(=O)(=O)c2ccccc2Br)CC1. The Bertz CT molecular complexity index is 879. The highest BCUT2D eigenvalue weighted by molar-refractivity contribution is 9.10. The molecule has 0 N–H and O–H groups in total. The zero-order valence-corrected chi connectivity index (χ0v) is 15.6. The van der Waals surface area contributed by atoms with Gasteiger partial charge in [-0.2, -0.15) is 4.31 Å². The van der Waals surface area contributed by atoms with Crippen molar-refractivity contribution in [3.05, 3.63) is 64.4 Å². The molecule has 0 spiro atoms. The first-order valence-corrected chi connectivity index (χ1v) is 9.92. The minimum absolute atomic E-state index is 0.216. The summed E-state index contributed by atoms with van der Waals surface area (Å²) in [7, 11) is -3.61. The van der Waals surface area contributed by atoms with E-state index in [0.717, 1.165) is 0 Å². The van der Waals surface area contributed by atoms with Crippen molar-refractivity contribution in [2.75, 3.05) is 26.2 Å². The minimum Gasteiger partial charge on any atom is -0.336 e. The number of amides is 1. The van der Waals surface area contributed by atoms with Crippen molar-refractivity contribution in [2.45, 2.75) is 4.90 Å². The normalized spacial score (nSPS) is 16.0. The summed E-state index contributed by atoms with van der Waals surface area (Å²) in [6, 6.07) is 12.0. The molecule has 1 saturated heterocycles. The van der Waals surface area contributed by atoms with Crippen molar-refractivity contribution in [1.82, 2.24) is 9.21 Å². The highest BCUT2D eigenvalue weighted by atomic mass is 79.9. The van der Waals surface area contributed by atoms with Gasteiger partial charge in [0.25, 0.3) is 5.91 Å². The van der Waals surface area contributed by atoms with Gasteiger partial charge < -0.3 is 4.90 Å². The lowest BCUT2D eigenvalue weighted by Gasteiger charge is -2.34. The van der Waals surface area contributed by atoms with Gasteiger partial charge in [0.15, 0.2) is 0 Å². The number of benzene rings is 2. The molecule has 1 fully saturated rings. The first-order valence-electron chi connectivity index (χ1n) is 7.69. The Balaban J connectivity index is 1.70. The maximum Gasteiger partial charge on any atom is 0.253 e. The van der Waals surface area contributed by atoms with E-state index in [1.54, 1.807) is 29.2 Å². The third-order valence-corrected chi connectivity index (χ3v) is 6.98. The molecule has 0 radical (unpaired) electrons. The second-order valence-corrected chi connectivity index (χ2v) is 8.39. The molecule has 0 unspecified atom stereocenters. The van der Waals surface area contributed by atoms with Crippen molar-refractivity contribution in [3.8, 4) is 0 Å². The number of halogens is 2. The van der Waals surface area contributed by atoms with Gasteiger partial charge in [0.1, 0.15) is 5.82 Å². The molecule has 1 heterocycles. The van der Waals surface area contributed by atoms with E-state index < -0.39 is 15.8 Å². The fourth-order valence-corrected chi connectivity index (χ4v) is 5.09. The van der Waals surface area contributed by atoms with Gasteiger partial charge in [0, 0.05) is 36.2 Å². The average Bonchev–Trinajstić information content (AvgIpc) is 2.62. The molecule has 1 aliphatic rings. The van der Waals surface area contributed by atoms with Gasteiger partial charge in [-0.15, -0.1) is 0 Å². The van der Waals surface area contributed by atoms with Crippen molar-refractivity contribution in [3.63, 3.8) is 0 Å². The van der Waals surface area contributed by atoms with E-state index in [0.29, 0.717) is 23.1 Å². The van der Waals surface area contributed by atoms with Crippen LogP contribution < -0.4 is 0 Å². The predicted molar refractivity (Wildman–Crippen MR) is 95.2 cm³/mol. The summed E-state index contributed by atoms with van der Waals surface area (Å²) in [4.78, 5) is 14.2. The number of carbonyl (C=O) groups excluding carboxylic acids is 1. The summed E-state index contributed by atoms with van der Waals surface area (Å²) in [5.74, 6) is -0.626. The van der Waals surface area contributed by atoms with E-state index in [1.165, 1.54) is 28.6 Å². The molecule has 1 aliphatic heterocycles. The topological polar surface area (TPSA) is 57.7 Å². The number of piperazine rings is 1. The molecule has 0 atom stereocenters. The maximum absolute atomic E-state index is 13.0. The molecule has 0 aliphatic carbocycles. The summed E-state index contributed by atoms with van der Waals surface area (Å²) in [5.41, 5.74) is 0.392. The van der Waals surface area contributed by atoms with Crippen LogP contribution in [0.4, 0.5) is 4.39 Å². The molecule has 3 rings (SSSR count). The predicted octanol–water partition coefficient (Wildman–Crippen LogP) is 2.73. The van der Waals surface area contributed by atoms with Crippen LogP contribution >= 0.6 is 15.9 Å². The second-order valence-electron chi connectivity index (χ2n) is 5.63. The van der Waals surface area contributed by atoms with Gasteiger partial charge in [0.2, 0.25) is 10.0 Å². The van der Waals surface area contributed by atoms with Crippen LogP contribution in [-0.2, 0) is 10.0 Å².